The first-order valence-corrected chi connectivity index (χ1v) is 10.4. The van der Waals surface area contributed by atoms with E-state index < -0.39 is 0 Å². The van der Waals surface area contributed by atoms with Crippen molar-refractivity contribution in [2.45, 2.75) is 56.3 Å². The summed E-state index contributed by atoms with van der Waals surface area (Å²) in [7, 11) is 0. The van der Waals surface area contributed by atoms with Crippen LogP contribution in [0, 0.1) is 5.92 Å². The second-order valence-corrected chi connectivity index (χ2v) is 8.79. The van der Waals surface area contributed by atoms with Crippen molar-refractivity contribution in [3.05, 3.63) is 29.8 Å². The third-order valence-corrected chi connectivity index (χ3v) is 7.27. The highest BCUT2D eigenvalue weighted by molar-refractivity contribution is 5.87. The Balaban J connectivity index is 1.44. The lowest BCUT2D eigenvalue weighted by Crippen LogP contribution is -2.62. The molecular formula is C21H28N4O3. The molecule has 0 spiro atoms. The minimum atomic E-state index is -0.354. The Hall–Kier alpha value is -1.96. The number of phenolic OH excluding ortho intramolecular Hbond substituents is 1. The van der Waals surface area contributed by atoms with Crippen LogP contribution >= 0.6 is 0 Å². The first-order chi connectivity index (χ1) is 13.5. The number of hydrogen-bond donors (Lipinski definition) is 3. The maximum absolute atomic E-state index is 13.4. The summed E-state index contributed by atoms with van der Waals surface area (Å²) in [5, 5.41) is 9.99. The number of aromatic hydroxyl groups is 1. The van der Waals surface area contributed by atoms with Crippen LogP contribution < -0.4 is 10.9 Å². The number of nitrogens with zero attached hydrogens (tertiary/aromatic N) is 2. The second kappa shape index (κ2) is 6.83. The smallest absolute Gasteiger partial charge is 0.241 e. The summed E-state index contributed by atoms with van der Waals surface area (Å²) in [5.41, 5.74) is 7.14. The summed E-state index contributed by atoms with van der Waals surface area (Å²) in [6, 6.07) is 7.40. The molecule has 150 valence electrons. The van der Waals surface area contributed by atoms with Gasteiger partial charge in [-0.2, -0.15) is 0 Å². The molecule has 5 fully saturated rings. The normalized spacial score (nSPS) is 39.2. The van der Waals surface area contributed by atoms with Crippen LogP contribution in [0.25, 0.3) is 0 Å². The SMILES string of the molecule is CC(=O)C1CC(C(=O)N2C[C@H](c3cccc(O)c3)[C@H]3[C@@H]2C2CCN3CC2)NN1. The predicted molar refractivity (Wildman–Crippen MR) is 104 cm³/mol. The molecule has 1 aromatic rings. The van der Waals surface area contributed by atoms with Gasteiger partial charge in [-0.15, -0.1) is 0 Å². The number of benzene rings is 1. The second-order valence-electron chi connectivity index (χ2n) is 8.79. The zero-order valence-electron chi connectivity index (χ0n) is 16.2. The molecule has 7 nitrogen and oxygen atoms in total. The molecule has 0 aliphatic carbocycles. The van der Waals surface area contributed by atoms with E-state index in [9.17, 15) is 14.7 Å². The minimum absolute atomic E-state index is 0.0579. The third kappa shape index (κ3) is 2.84. The van der Waals surface area contributed by atoms with Gasteiger partial charge < -0.3 is 10.0 Å². The van der Waals surface area contributed by atoms with Gasteiger partial charge in [-0.25, -0.2) is 10.9 Å². The maximum atomic E-state index is 13.4. The van der Waals surface area contributed by atoms with Crippen molar-refractivity contribution in [2.75, 3.05) is 19.6 Å². The number of carbonyl (C=O) groups excluding carboxylic acids is 2. The molecule has 3 N–H and O–H groups in total. The standard InChI is InChI=1S/C21H28N4O3/c1-12(26)17-10-18(23-22-17)21(28)25-11-16(14-3-2-4-15(27)9-14)20-19(25)13-5-7-24(20)8-6-13/h2-4,9,13,16-20,22-23,27H,5-8,10-11H2,1H3/t16-,17?,18?,19+,20+/m1/s1. The van der Waals surface area contributed by atoms with Crippen molar-refractivity contribution in [2.24, 2.45) is 5.92 Å². The molecule has 0 radical (unpaired) electrons. The first kappa shape index (κ1) is 18.1. The van der Waals surface area contributed by atoms with Crippen LogP contribution in [-0.2, 0) is 9.59 Å². The van der Waals surface area contributed by atoms with Crippen molar-refractivity contribution >= 4 is 11.7 Å². The van der Waals surface area contributed by atoms with Crippen molar-refractivity contribution in [1.29, 1.82) is 0 Å². The van der Waals surface area contributed by atoms with Crippen molar-refractivity contribution in [3.8, 4) is 5.75 Å². The van der Waals surface area contributed by atoms with Gasteiger partial charge >= 0.3 is 0 Å². The zero-order valence-corrected chi connectivity index (χ0v) is 16.2. The van der Waals surface area contributed by atoms with Gasteiger partial charge in [0.1, 0.15) is 17.6 Å². The lowest BCUT2D eigenvalue weighted by molar-refractivity contribution is -0.138. The molecule has 0 saturated carbocycles. The van der Waals surface area contributed by atoms with E-state index in [1.54, 1.807) is 13.0 Å². The molecule has 28 heavy (non-hydrogen) atoms. The fraction of sp³-hybridized carbons (Fsp3) is 0.619. The van der Waals surface area contributed by atoms with Crippen molar-refractivity contribution in [3.63, 3.8) is 0 Å². The molecule has 5 aliphatic heterocycles. The molecule has 0 aromatic heterocycles. The predicted octanol–water partition coefficient (Wildman–Crippen LogP) is 0.605. The van der Waals surface area contributed by atoms with Gasteiger partial charge in [-0.1, -0.05) is 12.1 Å². The Morgan fingerprint density at radius 1 is 1.11 bits per heavy atom. The average molecular weight is 384 g/mol. The average Bonchev–Trinajstić information content (AvgIpc) is 3.35. The van der Waals surface area contributed by atoms with Crippen LogP contribution in [0.2, 0.25) is 0 Å². The van der Waals surface area contributed by atoms with Gasteiger partial charge in [-0.3, -0.25) is 14.5 Å². The number of Topliss-reactive ketones (excluding diaryl/α,β-unsaturated/α-hetero) is 1. The number of nitrogens with one attached hydrogen (secondary N) is 2. The van der Waals surface area contributed by atoms with E-state index in [1.165, 1.54) is 0 Å². The quantitative estimate of drug-likeness (QED) is 0.708. The maximum Gasteiger partial charge on any atom is 0.241 e. The van der Waals surface area contributed by atoms with Crippen LogP contribution in [0.1, 0.15) is 37.7 Å². The first-order valence-electron chi connectivity index (χ1n) is 10.4. The fourth-order valence-electron chi connectivity index (χ4n) is 5.91. The number of rotatable bonds is 3. The Bertz CT molecular complexity index is 792. The van der Waals surface area contributed by atoms with E-state index in [1.807, 2.05) is 12.1 Å². The number of hydrazine groups is 1. The lowest BCUT2D eigenvalue weighted by atomic mass is 9.75. The fourth-order valence-corrected chi connectivity index (χ4v) is 5.91. The molecule has 2 unspecified atom stereocenters. The van der Waals surface area contributed by atoms with Gasteiger partial charge in [-0.05, 0) is 62.9 Å². The Labute approximate surface area is 165 Å². The monoisotopic (exact) mass is 384 g/mol. The number of ketones is 1. The summed E-state index contributed by atoms with van der Waals surface area (Å²) >= 11 is 0. The Morgan fingerprint density at radius 3 is 2.54 bits per heavy atom. The van der Waals surface area contributed by atoms with Gasteiger partial charge in [0.05, 0.1) is 12.1 Å². The number of fused-ring (bicyclic) bond motifs is 2. The topological polar surface area (TPSA) is 84.9 Å². The van der Waals surface area contributed by atoms with Crippen molar-refractivity contribution in [1.82, 2.24) is 20.7 Å². The molecule has 5 aliphatic rings. The van der Waals surface area contributed by atoms with E-state index in [0.717, 1.165) is 31.5 Å². The summed E-state index contributed by atoms with van der Waals surface area (Å²) < 4.78 is 0. The highest BCUT2D eigenvalue weighted by Crippen LogP contribution is 2.47. The zero-order chi connectivity index (χ0) is 19.4. The van der Waals surface area contributed by atoms with E-state index >= 15 is 0 Å². The summed E-state index contributed by atoms with van der Waals surface area (Å²) in [6.45, 7) is 4.43. The summed E-state index contributed by atoms with van der Waals surface area (Å²) in [6.07, 6.45) is 2.79. The third-order valence-electron chi connectivity index (χ3n) is 7.27. The number of phenols is 1. The lowest BCUT2D eigenvalue weighted by Gasteiger charge is -2.51. The van der Waals surface area contributed by atoms with Gasteiger partial charge in [0, 0.05) is 18.5 Å². The molecule has 7 heteroatoms. The number of hydrogen-bond acceptors (Lipinski definition) is 6. The van der Waals surface area contributed by atoms with E-state index in [4.69, 9.17) is 0 Å². The number of carbonyl (C=O) groups is 2. The van der Waals surface area contributed by atoms with Crippen LogP contribution in [0.3, 0.4) is 0 Å². The molecule has 5 atom stereocenters. The highest BCUT2D eigenvalue weighted by Gasteiger charge is 2.55. The van der Waals surface area contributed by atoms with E-state index in [2.05, 4.69) is 26.7 Å². The van der Waals surface area contributed by atoms with E-state index in [0.29, 0.717) is 24.9 Å². The van der Waals surface area contributed by atoms with Crippen LogP contribution in [0.4, 0.5) is 0 Å². The van der Waals surface area contributed by atoms with Gasteiger partial charge in [0.15, 0.2) is 0 Å². The number of likely N-dealkylation sites (tertiary alicyclic amines) is 1. The molecule has 2 bridgehead atoms. The highest BCUT2D eigenvalue weighted by atomic mass is 16.3. The molecular weight excluding hydrogens is 356 g/mol. The number of piperidine rings is 3. The number of amides is 1. The largest absolute Gasteiger partial charge is 0.508 e. The van der Waals surface area contributed by atoms with Crippen molar-refractivity contribution < 1.29 is 14.7 Å². The van der Waals surface area contributed by atoms with Gasteiger partial charge in [0.25, 0.3) is 0 Å². The van der Waals surface area contributed by atoms with E-state index in [-0.39, 0.29) is 41.5 Å². The molecule has 1 aromatic carbocycles. The molecule has 1 amide bonds. The van der Waals surface area contributed by atoms with Crippen LogP contribution in [-0.4, -0.2) is 70.4 Å². The van der Waals surface area contributed by atoms with Crippen LogP contribution in [0.15, 0.2) is 24.3 Å². The molecule has 6 rings (SSSR count). The van der Waals surface area contributed by atoms with Gasteiger partial charge in [0.2, 0.25) is 5.91 Å². The molecule has 5 saturated heterocycles. The minimum Gasteiger partial charge on any atom is -0.508 e. The Morgan fingerprint density at radius 2 is 1.86 bits per heavy atom. The summed E-state index contributed by atoms with van der Waals surface area (Å²) in [5.74, 6) is 1.19. The summed E-state index contributed by atoms with van der Waals surface area (Å²) in [4.78, 5) is 29.7. The molecule has 5 heterocycles. The Kier molecular flexibility index (Phi) is 4.41. The van der Waals surface area contributed by atoms with Crippen LogP contribution in [0.5, 0.6) is 5.75 Å².